The Balaban J connectivity index is 2.50. The number of ether oxygens (including phenoxy) is 1. The highest BCUT2D eigenvalue weighted by molar-refractivity contribution is 5.45. The molecule has 0 saturated carbocycles. The van der Waals surface area contributed by atoms with Gasteiger partial charge in [-0.05, 0) is 44.0 Å². The number of benzene rings is 2. The van der Waals surface area contributed by atoms with E-state index in [0.29, 0.717) is 0 Å². The van der Waals surface area contributed by atoms with E-state index in [1.165, 1.54) is 22.3 Å². The van der Waals surface area contributed by atoms with Crippen molar-refractivity contribution in [1.82, 2.24) is 5.32 Å². The summed E-state index contributed by atoms with van der Waals surface area (Å²) < 4.78 is 5.58. The molecule has 0 fully saturated rings. The first-order chi connectivity index (χ1) is 10.2. The smallest absolute Gasteiger partial charge is 0.123 e. The predicted molar refractivity (Wildman–Crippen MR) is 89.0 cm³/mol. The second kappa shape index (κ2) is 7.28. The van der Waals surface area contributed by atoms with Crippen LogP contribution in [-0.2, 0) is 0 Å². The Morgan fingerprint density at radius 2 is 1.81 bits per heavy atom. The Bertz CT molecular complexity index is 592. The quantitative estimate of drug-likeness (QED) is 0.848. The van der Waals surface area contributed by atoms with Crippen LogP contribution in [0.1, 0.15) is 41.6 Å². The topological polar surface area (TPSA) is 21.3 Å². The molecule has 0 aliphatic rings. The number of nitrogens with one attached hydrogen (secondary N) is 1. The standard InChI is InChI=1S/C19H25NO/c1-5-12-20-19(16-9-7-6-8-15(16)3)17-13-14(2)10-11-18(17)21-4/h6-11,13,19-20H,5,12H2,1-4H3. The monoisotopic (exact) mass is 283 g/mol. The highest BCUT2D eigenvalue weighted by Gasteiger charge is 2.19. The molecule has 2 aromatic rings. The Labute approximate surface area is 128 Å². The summed E-state index contributed by atoms with van der Waals surface area (Å²) in [5, 5.41) is 3.66. The van der Waals surface area contributed by atoms with Gasteiger partial charge >= 0.3 is 0 Å². The van der Waals surface area contributed by atoms with Crippen LogP contribution >= 0.6 is 0 Å². The molecule has 0 aliphatic carbocycles. The summed E-state index contributed by atoms with van der Waals surface area (Å²) >= 11 is 0. The molecule has 1 atom stereocenters. The van der Waals surface area contributed by atoms with Crippen molar-refractivity contribution in [2.75, 3.05) is 13.7 Å². The molecule has 2 rings (SSSR count). The highest BCUT2D eigenvalue weighted by atomic mass is 16.5. The van der Waals surface area contributed by atoms with E-state index in [1.807, 2.05) is 0 Å². The van der Waals surface area contributed by atoms with Gasteiger partial charge in [0.25, 0.3) is 0 Å². The number of aryl methyl sites for hydroxylation is 2. The zero-order chi connectivity index (χ0) is 15.2. The first-order valence-corrected chi connectivity index (χ1v) is 7.60. The van der Waals surface area contributed by atoms with Gasteiger partial charge in [-0.25, -0.2) is 0 Å². The number of hydrogen-bond acceptors (Lipinski definition) is 2. The average molecular weight is 283 g/mol. The highest BCUT2D eigenvalue weighted by Crippen LogP contribution is 2.32. The molecular weight excluding hydrogens is 258 g/mol. The van der Waals surface area contributed by atoms with E-state index in [1.54, 1.807) is 7.11 Å². The summed E-state index contributed by atoms with van der Waals surface area (Å²) in [5.74, 6) is 0.942. The molecule has 0 spiro atoms. The molecule has 0 aliphatic heterocycles. The summed E-state index contributed by atoms with van der Waals surface area (Å²) in [7, 11) is 1.74. The molecule has 1 unspecified atom stereocenters. The normalized spacial score (nSPS) is 12.2. The predicted octanol–water partition coefficient (Wildman–Crippen LogP) is 4.40. The molecule has 2 nitrogen and oxygen atoms in total. The third kappa shape index (κ3) is 3.64. The van der Waals surface area contributed by atoms with Gasteiger partial charge in [-0.3, -0.25) is 0 Å². The lowest BCUT2D eigenvalue weighted by molar-refractivity contribution is 0.403. The Hall–Kier alpha value is -1.80. The fraction of sp³-hybridized carbons (Fsp3) is 0.368. The average Bonchev–Trinajstić information content (AvgIpc) is 2.49. The zero-order valence-electron chi connectivity index (χ0n) is 13.4. The second-order valence-electron chi connectivity index (χ2n) is 5.49. The van der Waals surface area contributed by atoms with Crippen LogP contribution in [0, 0.1) is 13.8 Å². The van der Waals surface area contributed by atoms with Crippen molar-refractivity contribution in [3.63, 3.8) is 0 Å². The molecular formula is C19H25NO. The number of methoxy groups -OCH3 is 1. The van der Waals surface area contributed by atoms with Gasteiger partial charge in [0, 0.05) is 5.56 Å². The van der Waals surface area contributed by atoms with Crippen molar-refractivity contribution in [1.29, 1.82) is 0 Å². The SMILES string of the molecule is CCCNC(c1ccccc1C)c1cc(C)ccc1OC. The number of hydrogen-bond donors (Lipinski definition) is 1. The van der Waals surface area contributed by atoms with Gasteiger partial charge in [0.05, 0.1) is 13.2 Å². The van der Waals surface area contributed by atoms with Gasteiger partial charge in [0.15, 0.2) is 0 Å². The largest absolute Gasteiger partial charge is 0.496 e. The van der Waals surface area contributed by atoms with Crippen molar-refractivity contribution in [2.45, 2.75) is 33.2 Å². The minimum absolute atomic E-state index is 0.168. The summed E-state index contributed by atoms with van der Waals surface area (Å²) in [6, 6.07) is 15.1. The minimum atomic E-state index is 0.168. The van der Waals surface area contributed by atoms with Gasteiger partial charge in [0.1, 0.15) is 5.75 Å². The minimum Gasteiger partial charge on any atom is -0.496 e. The Kier molecular flexibility index (Phi) is 5.40. The van der Waals surface area contributed by atoms with E-state index in [2.05, 4.69) is 68.6 Å². The maximum Gasteiger partial charge on any atom is 0.123 e. The van der Waals surface area contributed by atoms with Crippen LogP contribution in [0.5, 0.6) is 5.75 Å². The lowest BCUT2D eigenvalue weighted by Gasteiger charge is -2.23. The number of rotatable bonds is 6. The third-order valence-corrected chi connectivity index (χ3v) is 3.79. The van der Waals surface area contributed by atoms with Gasteiger partial charge in [0.2, 0.25) is 0 Å². The summed E-state index contributed by atoms with van der Waals surface area (Å²) in [6.45, 7) is 7.46. The molecule has 21 heavy (non-hydrogen) atoms. The Morgan fingerprint density at radius 1 is 1.05 bits per heavy atom. The second-order valence-corrected chi connectivity index (χ2v) is 5.49. The summed E-state index contributed by atoms with van der Waals surface area (Å²) in [4.78, 5) is 0. The van der Waals surface area contributed by atoms with Crippen LogP contribution in [-0.4, -0.2) is 13.7 Å². The van der Waals surface area contributed by atoms with Crippen LogP contribution in [0.15, 0.2) is 42.5 Å². The summed E-state index contributed by atoms with van der Waals surface area (Å²) in [5.41, 5.74) is 5.08. The van der Waals surface area contributed by atoms with E-state index in [-0.39, 0.29) is 6.04 Å². The van der Waals surface area contributed by atoms with E-state index in [4.69, 9.17) is 4.74 Å². The molecule has 0 aromatic heterocycles. The van der Waals surface area contributed by atoms with Crippen LogP contribution < -0.4 is 10.1 Å². The first-order valence-electron chi connectivity index (χ1n) is 7.60. The maximum atomic E-state index is 5.58. The molecule has 0 bridgehead atoms. The molecule has 0 heterocycles. The van der Waals surface area contributed by atoms with E-state index >= 15 is 0 Å². The van der Waals surface area contributed by atoms with Gasteiger partial charge in [-0.1, -0.05) is 48.9 Å². The molecule has 2 aromatic carbocycles. The lowest BCUT2D eigenvalue weighted by atomic mass is 9.93. The molecule has 1 N–H and O–H groups in total. The maximum absolute atomic E-state index is 5.58. The van der Waals surface area contributed by atoms with Gasteiger partial charge in [-0.2, -0.15) is 0 Å². The van der Waals surface area contributed by atoms with Crippen molar-refractivity contribution in [2.24, 2.45) is 0 Å². The molecule has 0 amide bonds. The van der Waals surface area contributed by atoms with Crippen molar-refractivity contribution in [3.05, 3.63) is 64.7 Å². The lowest BCUT2D eigenvalue weighted by Crippen LogP contribution is -2.24. The van der Waals surface area contributed by atoms with Crippen LogP contribution in [0.25, 0.3) is 0 Å². The molecule has 0 radical (unpaired) electrons. The first kappa shape index (κ1) is 15.6. The van der Waals surface area contributed by atoms with Crippen LogP contribution in [0.3, 0.4) is 0 Å². The van der Waals surface area contributed by atoms with Crippen LogP contribution in [0.2, 0.25) is 0 Å². The van der Waals surface area contributed by atoms with E-state index < -0.39 is 0 Å². The molecule has 0 saturated heterocycles. The summed E-state index contributed by atoms with van der Waals surface area (Å²) in [6.07, 6.45) is 1.11. The van der Waals surface area contributed by atoms with Crippen molar-refractivity contribution >= 4 is 0 Å². The fourth-order valence-electron chi connectivity index (χ4n) is 2.67. The molecule has 2 heteroatoms. The van der Waals surface area contributed by atoms with Gasteiger partial charge < -0.3 is 10.1 Å². The molecule has 112 valence electrons. The third-order valence-electron chi connectivity index (χ3n) is 3.79. The van der Waals surface area contributed by atoms with Crippen molar-refractivity contribution in [3.8, 4) is 5.75 Å². The Morgan fingerprint density at radius 3 is 2.48 bits per heavy atom. The van der Waals surface area contributed by atoms with Gasteiger partial charge in [-0.15, -0.1) is 0 Å². The zero-order valence-corrected chi connectivity index (χ0v) is 13.4. The van der Waals surface area contributed by atoms with Crippen molar-refractivity contribution < 1.29 is 4.74 Å². The van der Waals surface area contributed by atoms with E-state index in [9.17, 15) is 0 Å². The fourth-order valence-corrected chi connectivity index (χ4v) is 2.67. The van der Waals surface area contributed by atoms with E-state index in [0.717, 1.165) is 18.7 Å². The van der Waals surface area contributed by atoms with Crippen LogP contribution in [0.4, 0.5) is 0 Å².